The largest absolute Gasteiger partial charge is 0.493 e. The van der Waals surface area contributed by atoms with Crippen LogP contribution < -0.4 is 9.47 Å². The van der Waals surface area contributed by atoms with E-state index in [4.69, 9.17) is 25.8 Å². The van der Waals surface area contributed by atoms with Crippen LogP contribution in [0.3, 0.4) is 0 Å². The van der Waals surface area contributed by atoms with Gasteiger partial charge in [0.05, 0.1) is 30.9 Å². The number of likely N-dealkylation sites (tertiary alicyclic amines) is 1. The van der Waals surface area contributed by atoms with Crippen molar-refractivity contribution in [2.24, 2.45) is 5.92 Å². The second-order valence-electron chi connectivity index (χ2n) is 8.96. The van der Waals surface area contributed by atoms with Gasteiger partial charge in [-0.05, 0) is 62.8 Å². The summed E-state index contributed by atoms with van der Waals surface area (Å²) in [7, 11) is 1.59. The Morgan fingerprint density at radius 3 is 2.53 bits per heavy atom. The molecule has 0 spiro atoms. The Labute approximate surface area is 197 Å². The highest BCUT2D eigenvalue weighted by Gasteiger charge is 2.27. The van der Waals surface area contributed by atoms with E-state index in [9.17, 15) is 4.79 Å². The second kappa shape index (κ2) is 11.9. The van der Waals surface area contributed by atoms with Gasteiger partial charge < -0.3 is 19.1 Å². The van der Waals surface area contributed by atoms with Crippen molar-refractivity contribution in [3.8, 4) is 11.5 Å². The molecule has 1 aromatic carbocycles. The Kier molecular flexibility index (Phi) is 9.26. The minimum Gasteiger partial charge on any atom is -0.493 e. The van der Waals surface area contributed by atoms with Crippen LogP contribution in [-0.4, -0.2) is 74.4 Å². The van der Waals surface area contributed by atoms with Crippen LogP contribution in [0.25, 0.3) is 6.08 Å². The minimum absolute atomic E-state index is 0.0402. The molecule has 1 amide bonds. The molecule has 178 valence electrons. The molecule has 2 saturated heterocycles. The van der Waals surface area contributed by atoms with Gasteiger partial charge in [-0.3, -0.25) is 9.69 Å². The summed E-state index contributed by atoms with van der Waals surface area (Å²) >= 11 is 6.38. The lowest BCUT2D eigenvalue weighted by Gasteiger charge is -2.39. The average molecular weight is 465 g/mol. The molecule has 2 aliphatic heterocycles. The molecule has 2 heterocycles. The maximum atomic E-state index is 12.7. The molecular weight excluding hydrogens is 428 g/mol. The highest BCUT2D eigenvalue weighted by molar-refractivity contribution is 6.32. The highest BCUT2D eigenvalue weighted by atomic mass is 35.5. The van der Waals surface area contributed by atoms with Crippen LogP contribution in [0, 0.1) is 5.92 Å². The number of piperidine rings is 1. The number of amides is 1. The fraction of sp³-hybridized carbons (Fsp3) is 0.640. The average Bonchev–Trinajstić information content (AvgIpc) is 2.76. The monoisotopic (exact) mass is 464 g/mol. The van der Waals surface area contributed by atoms with Gasteiger partial charge in [0.25, 0.3) is 0 Å². The summed E-state index contributed by atoms with van der Waals surface area (Å²) in [6.07, 6.45) is 6.99. The molecule has 1 aromatic rings. The van der Waals surface area contributed by atoms with E-state index in [1.54, 1.807) is 25.3 Å². The summed E-state index contributed by atoms with van der Waals surface area (Å²) in [5.41, 5.74) is 0.814. The SMILES string of the molecule is CCCOc1c(Cl)cc(/C=C/C(=O)N2CCC(CN3CC(C)OC(C)C3)CC2)cc1OC. The predicted molar refractivity (Wildman–Crippen MR) is 129 cm³/mol. The van der Waals surface area contributed by atoms with E-state index in [1.807, 2.05) is 17.9 Å². The molecule has 3 rings (SSSR count). The second-order valence-corrected chi connectivity index (χ2v) is 9.37. The molecule has 0 aliphatic carbocycles. The Morgan fingerprint density at radius 1 is 1.22 bits per heavy atom. The summed E-state index contributed by atoms with van der Waals surface area (Å²) < 4.78 is 17.0. The lowest BCUT2D eigenvalue weighted by atomic mass is 9.95. The first-order chi connectivity index (χ1) is 15.4. The number of rotatable bonds is 8. The van der Waals surface area contributed by atoms with Crippen molar-refractivity contribution in [3.05, 3.63) is 28.8 Å². The Morgan fingerprint density at radius 2 is 1.91 bits per heavy atom. The Bertz CT molecular complexity index is 782. The molecular formula is C25H37ClN2O4. The summed E-state index contributed by atoms with van der Waals surface area (Å²) in [4.78, 5) is 17.2. The van der Waals surface area contributed by atoms with Crippen LogP contribution in [0.15, 0.2) is 18.2 Å². The molecule has 2 atom stereocenters. The molecule has 7 heteroatoms. The molecule has 6 nitrogen and oxygen atoms in total. The third-order valence-electron chi connectivity index (χ3n) is 6.06. The summed E-state index contributed by atoms with van der Waals surface area (Å²) in [5, 5.41) is 0.484. The Balaban J connectivity index is 1.52. The van der Waals surface area contributed by atoms with Gasteiger partial charge in [0.2, 0.25) is 5.91 Å². The first-order valence-electron chi connectivity index (χ1n) is 11.7. The minimum atomic E-state index is 0.0402. The number of carbonyl (C=O) groups excluding carboxylic acids is 1. The van der Waals surface area contributed by atoms with Crippen LogP contribution >= 0.6 is 11.6 Å². The van der Waals surface area contributed by atoms with Crippen LogP contribution in [0.2, 0.25) is 5.02 Å². The zero-order valence-corrected chi connectivity index (χ0v) is 20.6. The lowest BCUT2D eigenvalue weighted by molar-refractivity contribution is -0.127. The van der Waals surface area contributed by atoms with Crippen molar-refractivity contribution in [2.75, 3.05) is 46.4 Å². The van der Waals surface area contributed by atoms with Crippen molar-refractivity contribution in [1.82, 2.24) is 9.80 Å². The van der Waals surface area contributed by atoms with Crippen molar-refractivity contribution >= 4 is 23.6 Å². The van der Waals surface area contributed by atoms with Gasteiger partial charge >= 0.3 is 0 Å². The smallest absolute Gasteiger partial charge is 0.246 e. The fourth-order valence-electron chi connectivity index (χ4n) is 4.59. The number of halogens is 1. The Hall–Kier alpha value is -1.76. The number of ether oxygens (including phenoxy) is 3. The standard InChI is InChI=1S/C25H37ClN2O4/c1-5-12-31-25-22(26)13-21(14-23(25)30-4)6-7-24(29)28-10-8-20(9-11-28)17-27-15-18(2)32-19(3)16-27/h6-7,13-14,18-20H,5,8-12,15-17H2,1-4H3/b7-6+. The molecule has 0 N–H and O–H groups in total. The number of benzene rings is 1. The molecule has 0 saturated carbocycles. The number of hydrogen-bond acceptors (Lipinski definition) is 5. The van der Waals surface area contributed by atoms with Crippen LogP contribution in [-0.2, 0) is 9.53 Å². The van der Waals surface area contributed by atoms with Crippen molar-refractivity contribution in [1.29, 1.82) is 0 Å². The van der Waals surface area contributed by atoms with Gasteiger partial charge in [-0.1, -0.05) is 18.5 Å². The first kappa shape index (κ1) is 24.9. The number of nitrogens with zero attached hydrogens (tertiary/aromatic N) is 2. The first-order valence-corrected chi connectivity index (χ1v) is 12.1. The molecule has 2 unspecified atom stereocenters. The zero-order valence-electron chi connectivity index (χ0n) is 19.8. The molecule has 32 heavy (non-hydrogen) atoms. The van der Waals surface area contributed by atoms with E-state index in [1.165, 1.54) is 0 Å². The van der Waals surface area contributed by atoms with Crippen LogP contribution in [0.5, 0.6) is 11.5 Å². The van der Waals surface area contributed by atoms with Crippen LogP contribution in [0.4, 0.5) is 0 Å². The maximum absolute atomic E-state index is 12.7. The van der Waals surface area contributed by atoms with Gasteiger partial charge in [0, 0.05) is 38.8 Å². The summed E-state index contributed by atoms with van der Waals surface area (Å²) in [5.74, 6) is 1.80. The fourth-order valence-corrected chi connectivity index (χ4v) is 4.86. The van der Waals surface area contributed by atoms with Gasteiger partial charge in [0.15, 0.2) is 11.5 Å². The van der Waals surface area contributed by atoms with Gasteiger partial charge in [-0.15, -0.1) is 0 Å². The summed E-state index contributed by atoms with van der Waals surface area (Å²) in [6, 6.07) is 3.65. The summed E-state index contributed by atoms with van der Waals surface area (Å²) in [6.45, 7) is 11.6. The molecule has 2 fully saturated rings. The normalized spacial score (nSPS) is 23.0. The molecule has 0 aromatic heterocycles. The number of hydrogen-bond donors (Lipinski definition) is 0. The van der Waals surface area contributed by atoms with Gasteiger partial charge in [-0.25, -0.2) is 0 Å². The number of morpholine rings is 1. The third-order valence-corrected chi connectivity index (χ3v) is 6.34. The van der Waals surface area contributed by atoms with Crippen LogP contribution in [0.1, 0.15) is 45.6 Å². The van der Waals surface area contributed by atoms with E-state index in [2.05, 4.69) is 18.7 Å². The topological polar surface area (TPSA) is 51.2 Å². The molecule has 0 radical (unpaired) electrons. The molecule has 2 aliphatic rings. The predicted octanol–water partition coefficient (Wildman–Crippen LogP) is 4.50. The van der Waals surface area contributed by atoms with Crippen molar-refractivity contribution in [2.45, 2.75) is 52.2 Å². The van der Waals surface area contributed by atoms with E-state index in [0.29, 0.717) is 41.3 Å². The van der Waals surface area contributed by atoms with E-state index >= 15 is 0 Å². The third kappa shape index (κ3) is 6.87. The van der Waals surface area contributed by atoms with Gasteiger partial charge in [0.1, 0.15) is 0 Å². The van der Waals surface area contributed by atoms with Crippen molar-refractivity contribution < 1.29 is 19.0 Å². The van der Waals surface area contributed by atoms with Crippen molar-refractivity contribution in [3.63, 3.8) is 0 Å². The zero-order chi connectivity index (χ0) is 23.1. The number of methoxy groups -OCH3 is 1. The van der Waals surface area contributed by atoms with E-state index in [-0.39, 0.29) is 5.91 Å². The van der Waals surface area contributed by atoms with E-state index < -0.39 is 0 Å². The lowest BCUT2D eigenvalue weighted by Crippen LogP contribution is -2.48. The number of carbonyl (C=O) groups is 1. The van der Waals surface area contributed by atoms with E-state index in [0.717, 1.165) is 57.5 Å². The highest BCUT2D eigenvalue weighted by Crippen LogP contribution is 2.37. The molecule has 0 bridgehead atoms. The van der Waals surface area contributed by atoms with Gasteiger partial charge in [-0.2, -0.15) is 0 Å². The maximum Gasteiger partial charge on any atom is 0.246 e. The quantitative estimate of drug-likeness (QED) is 0.530.